The smallest absolute Gasteiger partial charge is 0.411 e. The van der Waals surface area contributed by atoms with Crippen molar-refractivity contribution < 1.29 is 19.1 Å². The third-order valence-electron chi connectivity index (χ3n) is 3.26. The van der Waals surface area contributed by atoms with Crippen molar-refractivity contribution in [3.05, 3.63) is 59.7 Å². The quantitative estimate of drug-likeness (QED) is 0.903. The van der Waals surface area contributed by atoms with Crippen molar-refractivity contribution in [2.75, 3.05) is 24.9 Å². The molecule has 6 nitrogen and oxygen atoms in total. The van der Waals surface area contributed by atoms with Crippen molar-refractivity contribution >= 4 is 23.6 Å². The van der Waals surface area contributed by atoms with Crippen molar-refractivity contribution in [1.29, 1.82) is 0 Å². The topological polar surface area (TPSA) is 76.7 Å². The first-order chi connectivity index (χ1) is 11.1. The van der Waals surface area contributed by atoms with E-state index in [0.717, 1.165) is 11.1 Å². The number of hydrogen-bond acceptors (Lipinski definition) is 4. The average molecular weight is 314 g/mol. The molecule has 0 spiro atoms. The third kappa shape index (κ3) is 4.47. The highest BCUT2D eigenvalue weighted by molar-refractivity contribution is 5.87. The molecule has 2 N–H and O–H groups in total. The first-order valence-corrected chi connectivity index (χ1v) is 6.99. The predicted molar refractivity (Wildman–Crippen MR) is 87.7 cm³/mol. The maximum Gasteiger partial charge on any atom is 0.411 e. The van der Waals surface area contributed by atoms with Gasteiger partial charge in [0.15, 0.2) is 0 Å². The molecule has 0 aromatic heterocycles. The molecular weight excluding hydrogens is 296 g/mol. The van der Waals surface area contributed by atoms with E-state index in [-0.39, 0.29) is 0 Å². The van der Waals surface area contributed by atoms with Crippen LogP contribution >= 0.6 is 0 Å². The van der Waals surface area contributed by atoms with Gasteiger partial charge in [-0.2, -0.15) is 0 Å². The van der Waals surface area contributed by atoms with Crippen molar-refractivity contribution in [2.45, 2.75) is 6.42 Å². The van der Waals surface area contributed by atoms with Crippen LogP contribution in [0.25, 0.3) is 0 Å². The minimum absolute atomic E-state index is 0.528. The van der Waals surface area contributed by atoms with Gasteiger partial charge in [-0.3, -0.25) is 10.6 Å². The van der Waals surface area contributed by atoms with Gasteiger partial charge in [0.25, 0.3) is 0 Å². The summed E-state index contributed by atoms with van der Waals surface area (Å²) in [6.07, 6.45) is -0.530. The van der Waals surface area contributed by atoms with Gasteiger partial charge in [-0.05, 0) is 23.3 Å². The van der Waals surface area contributed by atoms with Crippen molar-refractivity contribution in [3.8, 4) is 0 Å². The van der Waals surface area contributed by atoms with Crippen LogP contribution in [0.3, 0.4) is 0 Å². The summed E-state index contributed by atoms with van der Waals surface area (Å²) in [6.45, 7) is 0. The number of hydrogen-bond donors (Lipinski definition) is 2. The second-order valence-electron chi connectivity index (χ2n) is 4.72. The van der Waals surface area contributed by atoms with Crippen molar-refractivity contribution in [3.63, 3.8) is 0 Å². The molecule has 0 aliphatic carbocycles. The van der Waals surface area contributed by atoms with E-state index < -0.39 is 12.2 Å². The molecule has 0 bridgehead atoms. The molecule has 2 amide bonds. The Morgan fingerprint density at radius 3 is 1.57 bits per heavy atom. The Hall–Kier alpha value is -3.02. The summed E-state index contributed by atoms with van der Waals surface area (Å²) in [5.74, 6) is 0. The lowest BCUT2D eigenvalue weighted by Crippen LogP contribution is -2.14. The van der Waals surface area contributed by atoms with Crippen LogP contribution in [0.2, 0.25) is 0 Å². The van der Waals surface area contributed by atoms with Crippen molar-refractivity contribution in [2.24, 2.45) is 0 Å². The molecule has 0 fully saturated rings. The lowest BCUT2D eigenvalue weighted by atomic mass is 10.0. The van der Waals surface area contributed by atoms with Gasteiger partial charge >= 0.3 is 12.2 Å². The van der Waals surface area contributed by atoms with Crippen LogP contribution in [0.1, 0.15) is 11.1 Å². The molecule has 2 aromatic carbocycles. The molecular formula is C17H18N2O4. The monoisotopic (exact) mass is 314 g/mol. The standard InChI is InChI=1S/C17H18N2O4/c1-22-16(20)18-14-9-5-3-7-12(14)11-13-8-4-6-10-15(13)19-17(21)23-2/h3-10H,11H2,1-2H3,(H,18,20)(H,19,21). The van der Waals surface area contributed by atoms with Crippen LogP contribution in [0, 0.1) is 0 Å². The molecule has 0 unspecified atom stereocenters. The number of rotatable bonds is 4. The molecule has 2 rings (SSSR count). The fraction of sp³-hybridized carbons (Fsp3) is 0.176. The fourth-order valence-corrected chi connectivity index (χ4v) is 2.12. The number of methoxy groups -OCH3 is 2. The Morgan fingerprint density at radius 1 is 0.783 bits per heavy atom. The number of carbonyl (C=O) groups excluding carboxylic acids is 2. The second kappa shape index (κ2) is 7.84. The van der Waals surface area contributed by atoms with E-state index in [2.05, 4.69) is 20.1 Å². The van der Waals surface area contributed by atoms with Crippen LogP contribution in [0.4, 0.5) is 21.0 Å². The molecule has 6 heteroatoms. The average Bonchev–Trinajstić information content (AvgIpc) is 2.58. The maximum atomic E-state index is 11.4. The molecule has 0 saturated carbocycles. The fourth-order valence-electron chi connectivity index (χ4n) is 2.12. The normalized spacial score (nSPS) is 9.83. The van der Waals surface area contributed by atoms with Gasteiger partial charge in [-0.25, -0.2) is 9.59 Å². The molecule has 0 radical (unpaired) electrons. The van der Waals surface area contributed by atoms with Crippen LogP contribution in [0.15, 0.2) is 48.5 Å². The maximum absolute atomic E-state index is 11.4. The van der Waals surface area contributed by atoms with Gasteiger partial charge < -0.3 is 9.47 Å². The van der Waals surface area contributed by atoms with Crippen LogP contribution in [-0.4, -0.2) is 26.4 Å². The molecule has 0 aliphatic rings. The molecule has 120 valence electrons. The molecule has 0 heterocycles. The zero-order valence-corrected chi connectivity index (χ0v) is 13.0. The van der Waals surface area contributed by atoms with Gasteiger partial charge in [0.05, 0.1) is 14.2 Å². The first-order valence-electron chi connectivity index (χ1n) is 6.99. The highest BCUT2D eigenvalue weighted by Gasteiger charge is 2.10. The minimum atomic E-state index is -0.529. The van der Waals surface area contributed by atoms with Crippen LogP contribution in [-0.2, 0) is 15.9 Å². The number of nitrogens with one attached hydrogen (secondary N) is 2. The third-order valence-corrected chi connectivity index (χ3v) is 3.26. The summed E-state index contributed by atoms with van der Waals surface area (Å²) in [5.41, 5.74) is 3.12. The Labute approximate surface area is 134 Å². The first kappa shape index (κ1) is 16.4. The van der Waals surface area contributed by atoms with E-state index in [4.69, 9.17) is 0 Å². The molecule has 23 heavy (non-hydrogen) atoms. The molecule has 0 aliphatic heterocycles. The number of amides is 2. The highest BCUT2D eigenvalue weighted by atomic mass is 16.5. The largest absolute Gasteiger partial charge is 0.453 e. The van der Waals surface area contributed by atoms with Gasteiger partial charge in [0.2, 0.25) is 0 Å². The second-order valence-corrected chi connectivity index (χ2v) is 4.72. The summed E-state index contributed by atoms with van der Waals surface area (Å²) in [4.78, 5) is 22.9. The summed E-state index contributed by atoms with van der Waals surface area (Å²) in [6, 6.07) is 14.8. The summed E-state index contributed by atoms with van der Waals surface area (Å²) in [5, 5.41) is 5.36. The SMILES string of the molecule is COC(=O)Nc1ccccc1Cc1ccccc1NC(=O)OC. The Balaban J connectivity index is 2.26. The molecule has 0 atom stereocenters. The Bertz CT molecular complexity index is 641. The Kier molecular flexibility index (Phi) is 5.57. The van der Waals surface area contributed by atoms with Crippen LogP contribution < -0.4 is 10.6 Å². The lowest BCUT2D eigenvalue weighted by molar-refractivity contribution is 0.186. The number of benzene rings is 2. The zero-order valence-electron chi connectivity index (χ0n) is 13.0. The Morgan fingerprint density at radius 2 is 1.17 bits per heavy atom. The number of carbonyl (C=O) groups is 2. The summed E-state index contributed by atoms with van der Waals surface area (Å²) in [7, 11) is 2.63. The van der Waals surface area contributed by atoms with E-state index in [1.54, 1.807) is 12.1 Å². The van der Waals surface area contributed by atoms with E-state index in [0.29, 0.717) is 17.8 Å². The zero-order chi connectivity index (χ0) is 16.7. The summed E-state index contributed by atoms with van der Waals surface area (Å²) >= 11 is 0. The van der Waals surface area contributed by atoms with E-state index in [1.165, 1.54) is 14.2 Å². The lowest BCUT2D eigenvalue weighted by Gasteiger charge is -2.13. The van der Waals surface area contributed by atoms with Gasteiger partial charge in [-0.15, -0.1) is 0 Å². The highest BCUT2D eigenvalue weighted by Crippen LogP contribution is 2.24. The van der Waals surface area contributed by atoms with E-state index >= 15 is 0 Å². The van der Waals surface area contributed by atoms with E-state index in [9.17, 15) is 9.59 Å². The summed E-state index contributed by atoms with van der Waals surface area (Å²) < 4.78 is 9.25. The van der Waals surface area contributed by atoms with E-state index in [1.807, 2.05) is 36.4 Å². The molecule has 0 saturated heterocycles. The van der Waals surface area contributed by atoms with Gasteiger partial charge in [0.1, 0.15) is 0 Å². The number of ether oxygens (including phenoxy) is 2. The molecule has 2 aromatic rings. The predicted octanol–water partition coefficient (Wildman–Crippen LogP) is 3.63. The van der Waals surface area contributed by atoms with Gasteiger partial charge in [0, 0.05) is 17.8 Å². The van der Waals surface area contributed by atoms with Crippen LogP contribution in [0.5, 0.6) is 0 Å². The number of anilines is 2. The van der Waals surface area contributed by atoms with Gasteiger partial charge in [-0.1, -0.05) is 36.4 Å². The minimum Gasteiger partial charge on any atom is -0.453 e. The number of para-hydroxylation sites is 2. The van der Waals surface area contributed by atoms with Crippen molar-refractivity contribution in [1.82, 2.24) is 0 Å².